The Morgan fingerprint density at radius 1 is 0.882 bits per heavy atom. The smallest absolute Gasteiger partial charge is 0.407 e. The summed E-state index contributed by atoms with van der Waals surface area (Å²) in [7, 11) is 1.31. The highest BCUT2D eigenvalue weighted by Crippen LogP contribution is 2.35. The van der Waals surface area contributed by atoms with Crippen LogP contribution in [0, 0.1) is 17.8 Å². The molecular weight excluding hydrogens is 640 g/mol. The maximum Gasteiger partial charge on any atom is 0.407 e. The fourth-order valence-corrected chi connectivity index (χ4v) is 7.72. The van der Waals surface area contributed by atoms with Gasteiger partial charge in [-0.15, -0.1) is 0 Å². The molecule has 0 aliphatic carbocycles. The summed E-state index contributed by atoms with van der Waals surface area (Å²) < 4.78 is 4.77. The highest BCUT2D eigenvalue weighted by molar-refractivity contribution is 6.01. The van der Waals surface area contributed by atoms with Gasteiger partial charge in [-0.05, 0) is 85.1 Å². The molecule has 4 heterocycles. The Bertz CT molecular complexity index is 1740. The molecular formula is C41H54N6O4. The number of methoxy groups -OCH3 is 1. The zero-order chi connectivity index (χ0) is 36.2. The van der Waals surface area contributed by atoms with Gasteiger partial charge in [0.1, 0.15) is 11.9 Å². The van der Waals surface area contributed by atoms with Crippen LogP contribution >= 0.6 is 0 Å². The highest BCUT2D eigenvalue weighted by Gasteiger charge is 2.39. The van der Waals surface area contributed by atoms with Crippen molar-refractivity contribution in [3.05, 3.63) is 71.2 Å². The molecule has 272 valence electrons. The number of nitrogens with one attached hydrogen (secondary N) is 2. The van der Waals surface area contributed by atoms with Gasteiger partial charge in [0.2, 0.25) is 11.8 Å². The molecule has 2 fully saturated rings. The number of hydrogen-bond acceptors (Lipinski definition) is 6. The first-order valence-electron chi connectivity index (χ1n) is 18.8. The first-order chi connectivity index (χ1) is 24.5. The quantitative estimate of drug-likeness (QED) is 0.208. The molecule has 1 aromatic heterocycles. The maximum absolute atomic E-state index is 13.6. The van der Waals surface area contributed by atoms with Gasteiger partial charge in [0.25, 0.3) is 0 Å². The van der Waals surface area contributed by atoms with Crippen molar-refractivity contribution >= 4 is 29.3 Å². The Kier molecular flexibility index (Phi) is 11.3. The predicted molar refractivity (Wildman–Crippen MR) is 200 cm³/mol. The van der Waals surface area contributed by atoms with E-state index in [4.69, 9.17) is 14.7 Å². The first-order valence-corrected chi connectivity index (χ1v) is 18.8. The van der Waals surface area contributed by atoms with E-state index >= 15 is 0 Å². The largest absolute Gasteiger partial charge is 0.453 e. The number of hydrogen-bond donors (Lipinski definition) is 2. The van der Waals surface area contributed by atoms with Crippen molar-refractivity contribution in [3.63, 3.8) is 0 Å². The number of benzene rings is 2. The second-order valence-electron chi connectivity index (χ2n) is 15.2. The number of ether oxygens (including phenoxy) is 1. The number of amides is 3. The normalized spacial score (nSPS) is 19.7. The number of carbonyl (C=O) groups is 3. The van der Waals surface area contributed by atoms with Gasteiger partial charge in [-0.2, -0.15) is 0 Å². The number of aliphatic imine (C=N–C) groups is 1. The minimum Gasteiger partial charge on any atom is -0.453 e. The number of aromatic amines is 1. The molecule has 10 nitrogen and oxygen atoms in total. The Hall–Kier alpha value is -4.47. The van der Waals surface area contributed by atoms with Crippen molar-refractivity contribution in [2.75, 3.05) is 20.2 Å². The summed E-state index contributed by atoms with van der Waals surface area (Å²) in [5, 5.41) is 2.73. The number of nitrogens with zero attached hydrogens (tertiary/aromatic N) is 4. The minimum absolute atomic E-state index is 0.00565. The second-order valence-corrected chi connectivity index (χ2v) is 15.2. The Balaban J connectivity index is 1.03. The number of carbonyl (C=O) groups excluding carboxylic acids is 3. The summed E-state index contributed by atoms with van der Waals surface area (Å²) in [5.74, 6) is 1.30. The van der Waals surface area contributed by atoms with Crippen molar-refractivity contribution in [2.45, 2.75) is 104 Å². The summed E-state index contributed by atoms with van der Waals surface area (Å²) in [6.45, 7) is 11.6. The molecule has 10 heteroatoms. The molecule has 6 rings (SSSR count). The molecule has 2 aromatic carbocycles. The van der Waals surface area contributed by atoms with E-state index in [0.717, 1.165) is 86.4 Å². The summed E-state index contributed by atoms with van der Waals surface area (Å²) in [6.07, 6.45) is 8.76. The third-order valence-electron chi connectivity index (χ3n) is 11.1. The fourth-order valence-electron chi connectivity index (χ4n) is 7.72. The van der Waals surface area contributed by atoms with E-state index in [2.05, 4.69) is 66.6 Å². The van der Waals surface area contributed by atoms with Gasteiger partial charge < -0.3 is 24.8 Å². The molecule has 4 atom stereocenters. The summed E-state index contributed by atoms with van der Waals surface area (Å²) >= 11 is 0. The van der Waals surface area contributed by atoms with Gasteiger partial charge >= 0.3 is 6.09 Å². The standard InChI is InChI=1S/C41H54N6O4/c1-25(2)27(5)39(48)47-21-9-13-36(47)38-42-24-34(44-38)30-17-14-28(15-18-30)10-7-11-29-16-19-31-23-33(43-32(31)22-29)35-12-8-20-46(35)40(49)37(26(3)4)45-41(50)51-6/h14-19,22,24-27,35-37H,7-13,20-21,23H2,1-6H3,(H,42,44)(H,45,50)/t27-,35-,36?,37-/m0/s1. The molecule has 0 saturated carbocycles. The van der Waals surface area contributed by atoms with Crippen LogP contribution < -0.4 is 5.32 Å². The summed E-state index contributed by atoms with van der Waals surface area (Å²) in [4.78, 5) is 55.8. The zero-order valence-corrected chi connectivity index (χ0v) is 31.1. The molecule has 3 aliphatic rings. The van der Waals surface area contributed by atoms with Crippen molar-refractivity contribution in [1.82, 2.24) is 25.1 Å². The second kappa shape index (κ2) is 15.8. The molecule has 0 spiro atoms. The van der Waals surface area contributed by atoms with Crippen molar-refractivity contribution in [3.8, 4) is 11.3 Å². The molecule has 2 saturated heterocycles. The predicted octanol–water partition coefficient (Wildman–Crippen LogP) is 7.21. The average Bonchev–Trinajstić information content (AvgIpc) is 3.95. The Morgan fingerprint density at radius 3 is 2.24 bits per heavy atom. The van der Waals surface area contributed by atoms with Crippen LogP contribution in [0.3, 0.4) is 0 Å². The molecule has 0 bridgehead atoms. The third kappa shape index (κ3) is 8.05. The maximum atomic E-state index is 13.6. The van der Waals surface area contributed by atoms with E-state index in [1.165, 1.54) is 23.8 Å². The van der Waals surface area contributed by atoms with Crippen LogP contribution in [0.4, 0.5) is 10.5 Å². The molecule has 3 amide bonds. The molecule has 1 unspecified atom stereocenters. The fraction of sp³-hybridized carbons (Fsp3) is 0.537. The number of aromatic nitrogens is 2. The molecule has 0 radical (unpaired) electrons. The SMILES string of the molecule is COC(=O)N[C@H](C(=O)N1CCC[C@H]1C1=Nc2cc(CCCc3ccc(-c4cnc(C5CCCN5C(=O)[C@@H](C)C(C)C)[nH]4)cc3)ccc2C1)C(C)C. The topological polar surface area (TPSA) is 120 Å². The first kappa shape index (κ1) is 36.3. The lowest BCUT2D eigenvalue weighted by Crippen LogP contribution is -2.53. The van der Waals surface area contributed by atoms with Crippen LogP contribution in [0.5, 0.6) is 0 Å². The van der Waals surface area contributed by atoms with Crippen LogP contribution in [-0.2, 0) is 33.6 Å². The van der Waals surface area contributed by atoms with E-state index in [0.29, 0.717) is 12.5 Å². The van der Waals surface area contributed by atoms with E-state index in [-0.39, 0.29) is 35.7 Å². The monoisotopic (exact) mass is 694 g/mol. The van der Waals surface area contributed by atoms with Crippen LogP contribution in [-0.4, -0.2) is 75.7 Å². The van der Waals surface area contributed by atoms with E-state index in [1.807, 2.05) is 36.8 Å². The number of imidazole rings is 1. The van der Waals surface area contributed by atoms with Crippen molar-refractivity contribution in [2.24, 2.45) is 22.7 Å². The molecule has 3 aliphatic heterocycles. The van der Waals surface area contributed by atoms with Crippen LogP contribution in [0.15, 0.2) is 53.7 Å². The van der Waals surface area contributed by atoms with Gasteiger partial charge in [-0.1, -0.05) is 71.0 Å². The third-order valence-corrected chi connectivity index (χ3v) is 11.1. The highest BCUT2D eigenvalue weighted by atomic mass is 16.5. The number of fused-ring (bicyclic) bond motifs is 1. The van der Waals surface area contributed by atoms with Gasteiger partial charge in [0.15, 0.2) is 0 Å². The van der Waals surface area contributed by atoms with E-state index in [9.17, 15) is 14.4 Å². The molecule has 2 N–H and O–H groups in total. The van der Waals surface area contributed by atoms with Crippen LogP contribution in [0.2, 0.25) is 0 Å². The Labute approximate surface area is 302 Å². The zero-order valence-electron chi connectivity index (χ0n) is 31.1. The lowest BCUT2D eigenvalue weighted by molar-refractivity contribution is -0.137. The number of H-pyrrole nitrogens is 1. The molecule has 51 heavy (non-hydrogen) atoms. The average molecular weight is 695 g/mol. The van der Waals surface area contributed by atoms with Crippen LogP contribution in [0.25, 0.3) is 11.3 Å². The van der Waals surface area contributed by atoms with Crippen molar-refractivity contribution in [1.29, 1.82) is 0 Å². The lowest BCUT2D eigenvalue weighted by Gasteiger charge is -2.30. The van der Waals surface area contributed by atoms with Gasteiger partial charge in [-0.3, -0.25) is 14.6 Å². The lowest BCUT2D eigenvalue weighted by atomic mass is 9.96. The van der Waals surface area contributed by atoms with E-state index in [1.54, 1.807) is 0 Å². The summed E-state index contributed by atoms with van der Waals surface area (Å²) in [6, 6.07) is 14.7. The Morgan fingerprint density at radius 2 is 1.55 bits per heavy atom. The number of alkyl carbamates (subject to hydrolysis) is 1. The van der Waals surface area contributed by atoms with E-state index < -0.39 is 12.1 Å². The van der Waals surface area contributed by atoms with Crippen LogP contribution in [0.1, 0.15) is 95.3 Å². The molecule has 3 aromatic rings. The van der Waals surface area contributed by atoms with Crippen molar-refractivity contribution < 1.29 is 19.1 Å². The number of rotatable bonds is 12. The van der Waals surface area contributed by atoms with Gasteiger partial charge in [0.05, 0.1) is 36.8 Å². The number of likely N-dealkylation sites (tertiary alicyclic amines) is 2. The summed E-state index contributed by atoms with van der Waals surface area (Å²) in [5.41, 5.74) is 7.89. The minimum atomic E-state index is -0.631. The van der Waals surface area contributed by atoms with Gasteiger partial charge in [-0.25, -0.2) is 9.78 Å². The number of aryl methyl sites for hydroxylation is 2. The van der Waals surface area contributed by atoms with Gasteiger partial charge in [0, 0.05) is 31.1 Å².